The monoisotopic (exact) mass is 211 g/mol. The van der Waals surface area contributed by atoms with Crippen LogP contribution in [0, 0.1) is 0 Å². The summed E-state index contributed by atoms with van der Waals surface area (Å²) in [4.78, 5) is 4.16. The quantitative estimate of drug-likeness (QED) is 0.745. The van der Waals surface area contributed by atoms with Crippen LogP contribution in [0.15, 0.2) is 12.5 Å². The summed E-state index contributed by atoms with van der Waals surface area (Å²) in [7, 11) is 3.27. The average molecular weight is 211 g/mol. The van der Waals surface area contributed by atoms with E-state index in [1.54, 1.807) is 20.4 Å². The van der Waals surface area contributed by atoms with Crippen LogP contribution in [0.25, 0.3) is 0 Å². The normalized spacial score (nSPS) is 21.4. The summed E-state index contributed by atoms with van der Waals surface area (Å²) in [5, 5.41) is 3.33. The van der Waals surface area contributed by atoms with Crippen molar-refractivity contribution in [2.75, 3.05) is 27.3 Å². The number of ether oxygens (including phenoxy) is 2. The van der Waals surface area contributed by atoms with Gasteiger partial charge in [-0.15, -0.1) is 0 Å². The fourth-order valence-electron chi connectivity index (χ4n) is 2.02. The Hall–Kier alpha value is -0.910. The molecule has 5 nitrogen and oxygen atoms in total. The van der Waals surface area contributed by atoms with E-state index in [-0.39, 0.29) is 6.29 Å². The van der Waals surface area contributed by atoms with E-state index in [0.29, 0.717) is 6.04 Å². The standard InChI is InChI=1S/C10H17N3O2/c1-14-10(15-2)9-6-12-7-13(9)8-3-4-11-5-8/h6-8,10-11H,3-5H2,1-2H3. The van der Waals surface area contributed by atoms with Gasteiger partial charge in [0.25, 0.3) is 0 Å². The van der Waals surface area contributed by atoms with Gasteiger partial charge >= 0.3 is 0 Å². The van der Waals surface area contributed by atoms with Gasteiger partial charge in [0, 0.05) is 26.8 Å². The van der Waals surface area contributed by atoms with Crippen LogP contribution in [0.2, 0.25) is 0 Å². The van der Waals surface area contributed by atoms with E-state index >= 15 is 0 Å². The number of imidazole rings is 1. The number of methoxy groups -OCH3 is 2. The molecule has 0 aliphatic carbocycles. The summed E-state index contributed by atoms with van der Waals surface area (Å²) in [6.45, 7) is 2.05. The average Bonchev–Trinajstić information content (AvgIpc) is 2.88. The molecular weight excluding hydrogens is 194 g/mol. The zero-order valence-electron chi connectivity index (χ0n) is 9.14. The van der Waals surface area contributed by atoms with Gasteiger partial charge in [-0.05, 0) is 13.0 Å². The maximum atomic E-state index is 5.24. The fourth-order valence-corrected chi connectivity index (χ4v) is 2.02. The molecule has 0 spiro atoms. The summed E-state index contributed by atoms with van der Waals surface area (Å²) in [5.41, 5.74) is 0.980. The van der Waals surface area contributed by atoms with E-state index in [0.717, 1.165) is 25.2 Å². The van der Waals surface area contributed by atoms with Crippen molar-refractivity contribution in [1.82, 2.24) is 14.9 Å². The van der Waals surface area contributed by atoms with Crippen molar-refractivity contribution < 1.29 is 9.47 Å². The molecule has 1 N–H and O–H groups in total. The molecule has 2 heterocycles. The number of rotatable bonds is 4. The molecule has 1 aromatic rings. The van der Waals surface area contributed by atoms with E-state index in [9.17, 15) is 0 Å². The number of nitrogens with one attached hydrogen (secondary N) is 1. The molecule has 1 fully saturated rings. The highest BCUT2D eigenvalue weighted by Crippen LogP contribution is 2.23. The number of hydrogen-bond acceptors (Lipinski definition) is 4. The molecule has 0 amide bonds. The molecule has 0 bridgehead atoms. The van der Waals surface area contributed by atoms with Crippen LogP contribution in [0.1, 0.15) is 24.4 Å². The molecule has 1 aromatic heterocycles. The molecule has 0 radical (unpaired) electrons. The Morgan fingerprint density at radius 2 is 2.33 bits per heavy atom. The second-order valence-corrected chi connectivity index (χ2v) is 3.68. The Morgan fingerprint density at radius 1 is 1.53 bits per heavy atom. The predicted molar refractivity (Wildman–Crippen MR) is 55.5 cm³/mol. The highest BCUT2D eigenvalue weighted by atomic mass is 16.7. The van der Waals surface area contributed by atoms with Crippen molar-refractivity contribution in [2.45, 2.75) is 18.8 Å². The van der Waals surface area contributed by atoms with Crippen molar-refractivity contribution in [3.05, 3.63) is 18.2 Å². The summed E-state index contributed by atoms with van der Waals surface area (Å²) in [6, 6.07) is 0.468. The second-order valence-electron chi connectivity index (χ2n) is 3.68. The Kier molecular flexibility index (Phi) is 3.35. The highest BCUT2D eigenvalue weighted by molar-refractivity contribution is 5.03. The zero-order valence-corrected chi connectivity index (χ0v) is 9.14. The van der Waals surface area contributed by atoms with Crippen molar-refractivity contribution in [3.63, 3.8) is 0 Å². The van der Waals surface area contributed by atoms with Crippen LogP contribution in [0.5, 0.6) is 0 Å². The van der Waals surface area contributed by atoms with Crippen LogP contribution < -0.4 is 5.32 Å². The summed E-state index contributed by atoms with van der Waals surface area (Å²) < 4.78 is 12.6. The van der Waals surface area contributed by atoms with Gasteiger partial charge in [-0.25, -0.2) is 4.98 Å². The summed E-state index contributed by atoms with van der Waals surface area (Å²) >= 11 is 0. The molecule has 1 saturated heterocycles. The minimum atomic E-state index is -0.326. The lowest BCUT2D eigenvalue weighted by Crippen LogP contribution is -2.17. The van der Waals surface area contributed by atoms with Gasteiger partial charge in [-0.3, -0.25) is 0 Å². The van der Waals surface area contributed by atoms with Gasteiger partial charge < -0.3 is 19.4 Å². The molecular formula is C10H17N3O2. The molecule has 1 aliphatic heterocycles. The van der Waals surface area contributed by atoms with Gasteiger partial charge in [0.05, 0.1) is 18.2 Å². The van der Waals surface area contributed by atoms with E-state index in [2.05, 4.69) is 14.9 Å². The van der Waals surface area contributed by atoms with Crippen LogP contribution in [0.4, 0.5) is 0 Å². The van der Waals surface area contributed by atoms with Gasteiger partial charge in [0.1, 0.15) is 0 Å². The highest BCUT2D eigenvalue weighted by Gasteiger charge is 2.22. The molecule has 0 saturated carbocycles. The van der Waals surface area contributed by atoms with Gasteiger partial charge in [-0.1, -0.05) is 0 Å². The first-order valence-corrected chi connectivity index (χ1v) is 5.15. The van der Waals surface area contributed by atoms with Crippen LogP contribution in [-0.2, 0) is 9.47 Å². The molecule has 1 aliphatic rings. The van der Waals surface area contributed by atoms with Gasteiger partial charge in [-0.2, -0.15) is 0 Å². The van der Waals surface area contributed by atoms with Crippen molar-refractivity contribution >= 4 is 0 Å². The molecule has 5 heteroatoms. The maximum Gasteiger partial charge on any atom is 0.200 e. The molecule has 1 unspecified atom stereocenters. The Labute approximate surface area is 89.4 Å². The molecule has 1 atom stereocenters. The first-order chi connectivity index (χ1) is 7.36. The molecule has 2 rings (SSSR count). The first-order valence-electron chi connectivity index (χ1n) is 5.15. The first kappa shape index (κ1) is 10.6. The largest absolute Gasteiger partial charge is 0.350 e. The number of aromatic nitrogens is 2. The predicted octanol–water partition coefficient (Wildman–Crippen LogP) is 0.709. The van der Waals surface area contributed by atoms with Gasteiger partial charge in [0.15, 0.2) is 6.29 Å². The smallest absolute Gasteiger partial charge is 0.200 e. The van der Waals surface area contributed by atoms with Crippen molar-refractivity contribution in [2.24, 2.45) is 0 Å². The minimum absolute atomic E-state index is 0.326. The van der Waals surface area contributed by atoms with Crippen molar-refractivity contribution in [1.29, 1.82) is 0 Å². The molecule has 84 valence electrons. The van der Waals surface area contributed by atoms with E-state index < -0.39 is 0 Å². The van der Waals surface area contributed by atoms with E-state index in [4.69, 9.17) is 9.47 Å². The van der Waals surface area contributed by atoms with E-state index in [1.165, 1.54) is 0 Å². The Bertz CT molecular complexity index is 287. The lowest BCUT2D eigenvalue weighted by atomic mass is 10.2. The van der Waals surface area contributed by atoms with Crippen LogP contribution in [-0.4, -0.2) is 36.9 Å². The summed E-state index contributed by atoms with van der Waals surface area (Å²) in [5.74, 6) is 0. The maximum absolute atomic E-state index is 5.24. The third-order valence-electron chi connectivity index (χ3n) is 2.79. The SMILES string of the molecule is COC(OC)c1cncn1C1CCNC1. The van der Waals surface area contributed by atoms with Crippen LogP contribution >= 0.6 is 0 Å². The number of hydrogen-bond donors (Lipinski definition) is 1. The lowest BCUT2D eigenvalue weighted by Gasteiger charge is -2.19. The Balaban J connectivity index is 2.20. The molecule has 0 aromatic carbocycles. The van der Waals surface area contributed by atoms with Crippen molar-refractivity contribution in [3.8, 4) is 0 Å². The Morgan fingerprint density at radius 3 is 2.93 bits per heavy atom. The molecule has 15 heavy (non-hydrogen) atoms. The second kappa shape index (κ2) is 4.74. The topological polar surface area (TPSA) is 48.3 Å². The summed E-state index contributed by atoms with van der Waals surface area (Å²) in [6.07, 6.45) is 4.45. The lowest BCUT2D eigenvalue weighted by molar-refractivity contribution is -0.111. The van der Waals surface area contributed by atoms with Gasteiger partial charge in [0.2, 0.25) is 0 Å². The zero-order chi connectivity index (χ0) is 10.7. The van der Waals surface area contributed by atoms with Crippen LogP contribution in [0.3, 0.4) is 0 Å². The third kappa shape index (κ3) is 2.04. The number of nitrogens with zero attached hydrogens (tertiary/aromatic N) is 2. The van der Waals surface area contributed by atoms with E-state index in [1.807, 2.05) is 6.33 Å². The third-order valence-corrected chi connectivity index (χ3v) is 2.79. The minimum Gasteiger partial charge on any atom is -0.350 e. The fraction of sp³-hybridized carbons (Fsp3) is 0.700.